The molecule has 7 heteroatoms. The van der Waals surface area contributed by atoms with Crippen LogP contribution >= 0.6 is 27.5 Å². The minimum atomic E-state index is -0.469. The molecule has 0 bridgehead atoms. The number of rotatable bonds is 9. The molecule has 5 nitrogen and oxygen atoms in total. The summed E-state index contributed by atoms with van der Waals surface area (Å²) in [5.41, 5.74) is 2.44. The Hall–Kier alpha value is -3.27. The second kappa shape index (κ2) is 12.3. The number of ether oxygens (including phenoxy) is 2. The van der Waals surface area contributed by atoms with Crippen LogP contribution in [0.2, 0.25) is 5.02 Å². The summed E-state index contributed by atoms with van der Waals surface area (Å²) in [6.45, 7) is 4.43. The first-order valence-corrected chi connectivity index (χ1v) is 11.9. The van der Waals surface area contributed by atoms with Crippen LogP contribution < -0.4 is 14.8 Å². The summed E-state index contributed by atoms with van der Waals surface area (Å²) in [5, 5.41) is 12.8. The largest absolute Gasteiger partial charge is 0.490 e. The van der Waals surface area contributed by atoms with Gasteiger partial charge in [0.1, 0.15) is 18.2 Å². The molecule has 0 spiro atoms. The summed E-state index contributed by atoms with van der Waals surface area (Å²) in [6, 6.07) is 22.4. The van der Waals surface area contributed by atoms with Gasteiger partial charge in [-0.25, -0.2) is 0 Å². The van der Waals surface area contributed by atoms with E-state index in [4.69, 9.17) is 21.1 Å². The summed E-state index contributed by atoms with van der Waals surface area (Å²) >= 11 is 9.92. The molecule has 0 unspecified atom stereocenters. The number of nitrogens with zero attached hydrogens (tertiary/aromatic N) is 1. The fraction of sp³-hybridized carbons (Fsp3) is 0.185. The van der Waals surface area contributed by atoms with Crippen molar-refractivity contribution in [1.82, 2.24) is 5.32 Å². The molecule has 3 aromatic rings. The van der Waals surface area contributed by atoms with E-state index in [1.807, 2.05) is 74.5 Å². The highest BCUT2D eigenvalue weighted by Crippen LogP contribution is 2.38. The third-order valence-electron chi connectivity index (χ3n) is 4.95. The van der Waals surface area contributed by atoms with E-state index in [1.54, 1.807) is 12.1 Å². The van der Waals surface area contributed by atoms with Crippen LogP contribution in [-0.4, -0.2) is 12.5 Å². The summed E-state index contributed by atoms with van der Waals surface area (Å²) in [5.74, 6) is 0.376. The predicted octanol–water partition coefficient (Wildman–Crippen LogP) is 6.86. The van der Waals surface area contributed by atoms with Crippen molar-refractivity contribution in [2.24, 2.45) is 0 Å². The molecule has 3 aromatic carbocycles. The molecule has 174 valence electrons. The minimum absolute atomic E-state index is 0.0372. The number of hydrogen-bond donors (Lipinski definition) is 1. The molecule has 0 aromatic heterocycles. The van der Waals surface area contributed by atoms with Gasteiger partial charge in [-0.05, 0) is 60.9 Å². The van der Waals surface area contributed by atoms with Crippen molar-refractivity contribution >= 4 is 39.5 Å². The number of carbonyl (C=O) groups is 1. The van der Waals surface area contributed by atoms with Gasteiger partial charge in [-0.15, -0.1) is 0 Å². The van der Waals surface area contributed by atoms with Crippen LogP contribution in [0.3, 0.4) is 0 Å². The Balaban J connectivity index is 1.81. The van der Waals surface area contributed by atoms with Gasteiger partial charge < -0.3 is 14.8 Å². The number of benzene rings is 3. The molecule has 34 heavy (non-hydrogen) atoms. The molecule has 0 saturated carbocycles. The zero-order chi connectivity index (χ0) is 24.5. The van der Waals surface area contributed by atoms with Crippen LogP contribution in [-0.2, 0) is 11.4 Å². The Morgan fingerprint density at radius 2 is 1.85 bits per heavy atom. The Kier molecular flexibility index (Phi) is 9.15. The molecular formula is C27H24BrClN2O3. The van der Waals surface area contributed by atoms with Crippen LogP contribution in [0.1, 0.15) is 36.6 Å². The van der Waals surface area contributed by atoms with Crippen molar-refractivity contribution in [2.75, 3.05) is 6.61 Å². The Labute approximate surface area is 213 Å². The number of nitriles is 1. The molecule has 0 heterocycles. The average Bonchev–Trinajstić information content (AvgIpc) is 2.83. The normalized spacial score (nSPS) is 11.9. The van der Waals surface area contributed by atoms with E-state index in [9.17, 15) is 10.1 Å². The second-order valence-corrected chi connectivity index (χ2v) is 8.78. The van der Waals surface area contributed by atoms with Crippen molar-refractivity contribution < 1.29 is 14.3 Å². The van der Waals surface area contributed by atoms with E-state index in [-0.39, 0.29) is 11.6 Å². The highest BCUT2D eigenvalue weighted by molar-refractivity contribution is 9.10. The fourth-order valence-electron chi connectivity index (χ4n) is 3.23. The van der Waals surface area contributed by atoms with Crippen molar-refractivity contribution in [1.29, 1.82) is 5.26 Å². The average molecular weight is 540 g/mol. The molecule has 3 rings (SSSR count). The van der Waals surface area contributed by atoms with Crippen LogP contribution in [0.4, 0.5) is 0 Å². The maximum absolute atomic E-state index is 12.7. The van der Waals surface area contributed by atoms with Crippen LogP contribution in [0.5, 0.6) is 11.5 Å². The van der Waals surface area contributed by atoms with Crippen LogP contribution in [0.15, 0.2) is 76.8 Å². The molecule has 0 aliphatic heterocycles. The van der Waals surface area contributed by atoms with E-state index in [0.717, 1.165) is 15.6 Å². The van der Waals surface area contributed by atoms with Crippen molar-refractivity contribution in [3.8, 4) is 17.6 Å². The van der Waals surface area contributed by atoms with Crippen molar-refractivity contribution in [3.63, 3.8) is 0 Å². The monoisotopic (exact) mass is 538 g/mol. The SMILES string of the molecule is CCOc1cc(/C=C(/C#N)C(=O)N[C@H](C)c2ccccc2)cc(Cl)c1OCc1ccc(Br)cc1. The topological polar surface area (TPSA) is 71.3 Å². The van der Waals surface area contributed by atoms with Gasteiger partial charge in [0.25, 0.3) is 5.91 Å². The van der Waals surface area contributed by atoms with Gasteiger partial charge in [0.2, 0.25) is 0 Å². The van der Waals surface area contributed by atoms with Crippen molar-refractivity contribution in [2.45, 2.75) is 26.5 Å². The third kappa shape index (κ3) is 6.86. The minimum Gasteiger partial charge on any atom is -0.490 e. The van der Waals surface area contributed by atoms with E-state index >= 15 is 0 Å². The van der Waals surface area contributed by atoms with E-state index in [2.05, 4.69) is 21.2 Å². The van der Waals surface area contributed by atoms with E-state index in [0.29, 0.717) is 35.3 Å². The number of halogens is 2. The van der Waals surface area contributed by atoms with Crippen LogP contribution in [0.25, 0.3) is 6.08 Å². The molecule has 0 aliphatic carbocycles. The Bertz CT molecular complexity index is 1210. The molecule has 0 saturated heterocycles. The molecule has 1 amide bonds. The van der Waals surface area contributed by atoms with Gasteiger partial charge in [0.05, 0.1) is 17.7 Å². The Morgan fingerprint density at radius 3 is 2.50 bits per heavy atom. The molecular weight excluding hydrogens is 516 g/mol. The number of amides is 1. The molecule has 1 atom stereocenters. The maximum atomic E-state index is 12.7. The summed E-state index contributed by atoms with van der Waals surface area (Å²) in [6.07, 6.45) is 1.49. The Morgan fingerprint density at radius 1 is 1.15 bits per heavy atom. The van der Waals surface area contributed by atoms with Crippen LogP contribution in [0, 0.1) is 11.3 Å². The van der Waals surface area contributed by atoms with E-state index in [1.165, 1.54) is 6.08 Å². The first-order valence-electron chi connectivity index (χ1n) is 10.7. The number of nitrogens with one attached hydrogen (secondary N) is 1. The third-order valence-corrected chi connectivity index (χ3v) is 5.76. The lowest BCUT2D eigenvalue weighted by molar-refractivity contribution is -0.117. The first-order chi connectivity index (χ1) is 16.4. The van der Waals surface area contributed by atoms with Gasteiger partial charge in [-0.1, -0.05) is 70.0 Å². The maximum Gasteiger partial charge on any atom is 0.262 e. The van der Waals surface area contributed by atoms with E-state index < -0.39 is 5.91 Å². The highest BCUT2D eigenvalue weighted by Gasteiger charge is 2.16. The summed E-state index contributed by atoms with van der Waals surface area (Å²) < 4.78 is 12.7. The van der Waals surface area contributed by atoms with Gasteiger partial charge in [-0.3, -0.25) is 4.79 Å². The number of hydrogen-bond acceptors (Lipinski definition) is 4. The molecule has 0 aliphatic rings. The lowest BCUT2D eigenvalue weighted by Gasteiger charge is -2.15. The molecule has 0 radical (unpaired) electrons. The fourth-order valence-corrected chi connectivity index (χ4v) is 3.76. The standard InChI is InChI=1S/C27H24BrClN2O3/c1-3-33-25-15-20(14-24(29)26(25)34-17-19-9-11-23(28)12-10-19)13-22(16-30)27(32)31-18(2)21-7-5-4-6-8-21/h4-15,18H,3,17H2,1-2H3,(H,31,32)/b22-13-/t18-/m1/s1. The lowest BCUT2D eigenvalue weighted by Crippen LogP contribution is -2.27. The van der Waals surface area contributed by atoms with Gasteiger partial charge in [0, 0.05) is 4.47 Å². The zero-order valence-corrected chi connectivity index (χ0v) is 21.2. The molecule has 0 fully saturated rings. The molecule has 1 N–H and O–H groups in total. The lowest BCUT2D eigenvalue weighted by atomic mass is 10.1. The smallest absolute Gasteiger partial charge is 0.262 e. The quantitative estimate of drug-likeness (QED) is 0.238. The second-order valence-electron chi connectivity index (χ2n) is 7.45. The van der Waals surface area contributed by atoms with Gasteiger partial charge in [-0.2, -0.15) is 5.26 Å². The zero-order valence-electron chi connectivity index (χ0n) is 18.8. The summed E-state index contributed by atoms with van der Waals surface area (Å²) in [7, 11) is 0. The number of carbonyl (C=O) groups excluding carboxylic acids is 1. The van der Waals surface area contributed by atoms with Gasteiger partial charge >= 0.3 is 0 Å². The van der Waals surface area contributed by atoms with Crippen molar-refractivity contribution in [3.05, 3.63) is 98.5 Å². The first kappa shape index (κ1) is 25.4. The summed E-state index contributed by atoms with van der Waals surface area (Å²) in [4.78, 5) is 12.7. The predicted molar refractivity (Wildman–Crippen MR) is 138 cm³/mol. The highest BCUT2D eigenvalue weighted by atomic mass is 79.9. The van der Waals surface area contributed by atoms with Gasteiger partial charge in [0.15, 0.2) is 11.5 Å².